The fourth-order valence-electron chi connectivity index (χ4n) is 1.69. The Balaban J connectivity index is 1.95. The standard InChI is InChI=1S/C12H15NO2/c1-8-5-10(8)7-13-11-4-2-3-9(6-11)12(14)15/h2-4,6,8,10,13H,5,7H2,1H3,(H,14,15). The SMILES string of the molecule is CC1CC1CNc1cccc(C(=O)O)c1. The third kappa shape index (κ3) is 2.49. The molecule has 0 heterocycles. The van der Waals surface area contributed by atoms with E-state index in [-0.39, 0.29) is 0 Å². The molecule has 3 nitrogen and oxygen atoms in total. The molecule has 15 heavy (non-hydrogen) atoms. The van der Waals surface area contributed by atoms with Crippen LogP contribution in [0.3, 0.4) is 0 Å². The molecule has 1 aliphatic rings. The highest BCUT2D eigenvalue weighted by Crippen LogP contribution is 2.37. The van der Waals surface area contributed by atoms with Crippen LogP contribution < -0.4 is 5.32 Å². The van der Waals surface area contributed by atoms with E-state index in [1.807, 2.05) is 6.07 Å². The summed E-state index contributed by atoms with van der Waals surface area (Å²) < 4.78 is 0. The van der Waals surface area contributed by atoms with Crippen molar-refractivity contribution in [2.24, 2.45) is 11.8 Å². The smallest absolute Gasteiger partial charge is 0.335 e. The van der Waals surface area contributed by atoms with Crippen molar-refractivity contribution in [2.45, 2.75) is 13.3 Å². The van der Waals surface area contributed by atoms with Gasteiger partial charge in [-0.1, -0.05) is 13.0 Å². The van der Waals surface area contributed by atoms with Gasteiger partial charge in [-0.05, 0) is 36.5 Å². The number of anilines is 1. The summed E-state index contributed by atoms with van der Waals surface area (Å²) in [6, 6.07) is 6.95. The maximum absolute atomic E-state index is 10.7. The fraction of sp³-hybridized carbons (Fsp3) is 0.417. The van der Waals surface area contributed by atoms with Gasteiger partial charge in [-0.25, -0.2) is 4.79 Å². The number of benzene rings is 1. The van der Waals surface area contributed by atoms with Crippen molar-refractivity contribution in [1.82, 2.24) is 0 Å². The molecule has 2 unspecified atom stereocenters. The molecule has 2 atom stereocenters. The van der Waals surface area contributed by atoms with Crippen LogP contribution in [-0.4, -0.2) is 17.6 Å². The first-order chi connectivity index (χ1) is 7.16. The number of aromatic carboxylic acids is 1. The molecule has 0 bridgehead atoms. The number of carboxylic acid groups (broad SMARTS) is 1. The van der Waals surface area contributed by atoms with Gasteiger partial charge in [0.05, 0.1) is 5.56 Å². The van der Waals surface area contributed by atoms with Crippen molar-refractivity contribution in [1.29, 1.82) is 0 Å². The van der Waals surface area contributed by atoms with Gasteiger partial charge < -0.3 is 10.4 Å². The summed E-state index contributed by atoms with van der Waals surface area (Å²) in [6.07, 6.45) is 1.28. The Bertz CT molecular complexity index is 376. The third-order valence-electron chi connectivity index (χ3n) is 2.95. The second-order valence-electron chi connectivity index (χ2n) is 4.24. The summed E-state index contributed by atoms with van der Waals surface area (Å²) >= 11 is 0. The van der Waals surface area contributed by atoms with E-state index < -0.39 is 5.97 Å². The lowest BCUT2D eigenvalue weighted by molar-refractivity contribution is 0.0697. The van der Waals surface area contributed by atoms with Gasteiger partial charge in [0, 0.05) is 12.2 Å². The molecule has 2 rings (SSSR count). The molecule has 1 aromatic rings. The number of hydrogen-bond acceptors (Lipinski definition) is 2. The summed E-state index contributed by atoms with van der Waals surface area (Å²) in [5.41, 5.74) is 1.23. The number of carboxylic acids is 1. The summed E-state index contributed by atoms with van der Waals surface area (Å²) in [7, 11) is 0. The first-order valence-electron chi connectivity index (χ1n) is 5.24. The Hall–Kier alpha value is -1.51. The fourth-order valence-corrected chi connectivity index (χ4v) is 1.69. The van der Waals surface area contributed by atoms with E-state index in [9.17, 15) is 4.79 Å². The highest BCUT2D eigenvalue weighted by Gasteiger charge is 2.31. The molecule has 0 saturated heterocycles. The minimum absolute atomic E-state index is 0.337. The maximum atomic E-state index is 10.7. The van der Waals surface area contributed by atoms with Crippen LogP contribution >= 0.6 is 0 Å². The van der Waals surface area contributed by atoms with Crippen LogP contribution in [0, 0.1) is 11.8 Å². The predicted molar refractivity (Wildman–Crippen MR) is 59.2 cm³/mol. The average molecular weight is 205 g/mol. The van der Waals surface area contributed by atoms with Crippen LogP contribution in [0.1, 0.15) is 23.7 Å². The van der Waals surface area contributed by atoms with Crippen molar-refractivity contribution >= 4 is 11.7 Å². The summed E-state index contributed by atoms with van der Waals surface area (Å²) in [5, 5.41) is 12.1. The Morgan fingerprint density at radius 3 is 2.93 bits per heavy atom. The molecular formula is C12H15NO2. The van der Waals surface area contributed by atoms with Crippen molar-refractivity contribution in [3.05, 3.63) is 29.8 Å². The van der Waals surface area contributed by atoms with E-state index in [2.05, 4.69) is 12.2 Å². The van der Waals surface area contributed by atoms with E-state index >= 15 is 0 Å². The summed E-state index contributed by atoms with van der Waals surface area (Å²) in [6.45, 7) is 3.18. The molecule has 0 aliphatic heterocycles. The number of hydrogen-bond donors (Lipinski definition) is 2. The van der Waals surface area contributed by atoms with E-state index in [0.717, 1.165) is 24.1 Å². The van der Waals surface area contributed by atoms with Crippen LogP contribution in [0.4, 0.5) is 5.69 Å². The van der Waals surface area contributed by atoms with Crippen LogP contribution in [0.15, 0.2) is 24.3 Å². The van der Waals surface area contributed by atoms with Crippen LogP contribution in [0.25, 0.3) is 0 Å². The minimum Gasteiger partial charge on any atom is -0.478 e. The number of rotatable bonds is 4. The normalized spacial score (nSPS) is 23.5. The molecule has 1 saturated carbocycles. The second kappa shape index (κ2) is 3.93. The van der Waals surface area contributed by atoms with Crippen molar-refractivity contribution in [3.8, 4) is 0 Å². The van der Waals surface area contributed by atoms with Gasteiger partial charge in [-0.15, -0.1) is 0 Å². The molecule has 1 aliphatic carbocycles. The van der Waals surface area contributed by atoms with Gasteiger partial charge in [0.25, 0.3) is 0 Å². The Labute approximate surface area is 89.1 Å². The second-order valence-corrected chi connectivity index (χ2v) is 4.24. The third-order valence-corrected chi connectivity index (χ3v) is 2.95. The largest absolute Gasteiger partial charge is 0.478 e. The molecule has 0 radical (unpaired) electrons. The molecule has 1 aromatic carbocycles. The van der Waals surface area contributed by atoms with E-state index in [1.54, 1.807) is 18.2 Å². The van der Waals surface area contributed by atoms with E-state index in [4.69, 9.17) is 5.11 Å². The van der Waals surface area contributed by atoms with Crippen molar-refractivity contribution in [3.63, 3.8) is 0 Å². The Morgan fingerprint density at radius 1 is 1.60 bits per heavy atom. The number of nitrogens with one attached hydrogen (secondary N) is 1. The maximum Gasteiger partial charge on any atom is 0.335 e. The molecule has 2 N–H and O–H groups in total. The summed E-state index contributed by atoms with van der Waals surface area (Å²) in [5.74, 6) is 0.706. The zero-order valence-corrected chi connectivity index (χ0v) is 8.73. The predicted octanol–water partition coefficient (Wildman–Crippen LogP) is 2.45. The lowest BCUT2D eigenvalue weighted by atomic mass is 10.2. The average Bonchev–Trinajstić information content (AvgIpc) is 2.92. The highest BCUT2D eigenvalue weighted by molar-refractivity contribution is 5.88. The van der Waals surface area contributed by atoms with Gasteiger partial charge in [0.2, 0.25) is 0 Å². The molecule has 0 aromatic heterocycles. The van der Waals surface area contributed by atoms with Gasteiger partial charge >= 0.3 is 5.97 Å². The Kier molecular flexibility index (Phi) is 2.62. The molecule has 0 amide bonds. The lowest BCUT2D eigenvalue weighted by Gasteiger charge is -2.05. The van der Waals surface area contributed by atoms with E-state index in [1.165, 1.54) is 6.42 Å². The Morgan fingerprint density at radius 2 is 2.33 bits per heavy atom. The van der Waals surface area contributed by atoms with Crippen molar-refractivity contribution < 1.29 is 9.90 Å². The molecule has 80 valence electrons. The molecule has 3 heteroatoms. The van der Waals surface area contributed by atoms with Crippen molar-refractivity contribution in [2.75, 3.05) is 11.9 Å². The highest BCUT2D eigenvalue weighted by atomic mass is 16.4. The van der Waals surface area contributed by atoms with Gasteiger partial charge in [0.15, 0.2) is 0 Å². The van der Waals surface area contributed by atoms with Gasteiger partial charge in [-0.2, -0.15) is 0 Å². The first-order valence-corrected chi connectivity index (χ1v) is 5.24. The van der Waals surface area contributed by atoms with Gasteiger partial charge in [0.1, 0.15) is 0 Å². The van der Waals surface area contributed by atoms with Gasteiger partial charge in [-0.3, -0.25) is 0 Å². The van der Waals surface area contributed by atoms with Crippen LogP contribution in [0.2, 0.25) is 0 Å². The summed E-state index contributed by atoms with van der Waals surface area (Å²) in [4.78, 5) is 10.7. The van der Waals surface area contributed by atoms with Crippen LogP contribution in [-0.2, 0) is 0 Å². The minimum atomic E-state index is -0.876. The zero-order chi connectivity index (χ0) is 10.8. The molecule has 0 spiro atoms. The first kappa shape index (κ1) is 10.0. The number of carbonyl (C=O) groups is 1. The zero-order valence-electron chi connectivity index (χ0n) is 8.73. The molecular weight excluding hydrogens is 190 g/mol. The van der Waals surface area contributed by atoms with E-state index in [0.29, 0.717) is 5.56 Å². The molecule has 1 fully saturated rings. The topological polar surface area (TPSA) is 49.3 Å². The lowest BCUT2D eigenvalue weighted by Crippen LogP contribution is -2.05. The monoisotopic (exact) mass is 205 g/mol. The van der Waals surface area contributed by atoms with Crippen LogP contribution in [0.5, 0.6) is 0 Å². The quantitative estimate of drug-likeness (QED) is 0.793.